The van der Waals surface area contributed by atoms with Crippen molar-refractivity contribution in [3.8, 4) is 5.69 Å². The highest BCUT2D eigenvalue weighted by atomic mass is 32.2. The highest BCUT2D eigenvalue weighted by Crippen LogP contribution is 2.22. The molecule has 1 aliphatic heterocycles. The first-order chi connectivity index (χ1) is 12.3. The molecule has 2 heterocycles. The van der Waals surface area contributed by atoms with E-state index in [1.54, 1.807) is 0 Å². The summed E-state index contributed by atoms with van der Waals surface area (Å²) in [5.41, 5.74) is 4.55. The standard InChI is InChI=1S/C19H25N3O3S/c1-14-5-8-18(22-15(2)6-7-16(22)3)17(13-14)19(23)20-9-11-21-10-4-12-26(21,24)25/h5-8,13H,4,9-12H2,1-3H3,(H,20,23). The third-order valence-electron chi connectivity index (χ3n) is 4.76. The molecular formula is C19H25N3O3S. The smallest absolute Gasteiger partial charge is 0.253 e. The Bertz CT molecular complexity index is 912. The van der Waals surface area contributed by atoms with Crippen molar-refractivity contribution in [1.82, 2.24) is 14.2 Å². The molecule has 1 aromatic carbocycles. The Kier molecular flexibility index (Phi) is 5.20. The number of aryl methyl sites for hydroxylation is 3. The Labute approximate surface area is 154 Å². The van der Waals surface area contributed by atoms with Gasteiger partial charge in [0.1, 0.15) is 0 Å². The second kappa shape index (κ2) is 7.25. The van der Waals surface area contributed by atoms with Crippen LogP contribution in [0, 0.1) is 20.8 Å². The van der Waals surface area contributed by atoms with Crippen molar-refractivity contribution in [2.45, 2.75) is 27.2 Å². The summed E-state index contributed by atoms with van der Waals surface area (Å²) < 4.78 is 27.2. The topological polar surface area (TPSA) is 71.4 Å². The third-order valence-corrected chi connectivity index (χ3v) is 6.72. The molecule has 0 radical (unpaired) electrons. The van der Waals surface area contributed by atoms with Gasteiger partial charge in [-0.1, -0.05) is 11.6 Å². The highest BCUT2D eigenvalue weighted by Gasteiger charge is 2.27. The number of benzene rings is 1. The van der Waals surface area contributed by atoms with Crippen LogP contribution in [0.25, 0.3) is 5.69 Å². The highest BCUT2D eigenvalue weighted by molar-refractivity contribution is 7.89. The van der Waals surface area contributed by atoms with Gasteiger partial charge in [0.15, 0.2) is 0 Å². The number of hydrogen-bond donors (Lipinski definition) is 1. The lowest BCUT2D eigenvalue weighted by atomic mass is 10.1. The molecule has 3 rings (SSSR count). The van der Waals surface area contributed by atoms with E-state index in [9.17, 15) is 13.2 Å². The molecule has 7 heteroatoms. The molecule has 26 heavy (non-hydrogen) atoms. The summed E-state index contributed by atoms with van der Waals surface area (Å²) in [6.45, 7) is 7.12. The van der Waals surface area contributed by atoms with E-state index in [0.29, 0.717) is 31.6 Å². The lowest BCUT2D eigenvalue weighted by Crippen LogP contribution is -2.36. The average molecular weight is 375 g/mol. The Balaban J connectivity index is 1.78. The van der Waals surface area contributed by atoms with Crippen molar-refractivity contribution in [1.29, 1.82) is 0 Å². The number of sulfonamides is 1. The van der Waals surface area contributed by atoms with Gasteiger partial charge in [0.2, 0.25) is 10.0 Å². The van der Waals surface area contributed by atoms with Gasteiger partial charge in [-0.15, -0.1) is 0 Å². The Morgan fingerprint density at radius 2 is 1.81 bits per heavy atom. The minimum absolute atomic E-state index is 0.187. The molecule has 0 atom stereocenters. The summed E-state index contributed by atoms with van der Waals surface area (Å²) in [6, 6.07) is 9.86. The SMILES string of the molecule is Cc1ccc(-n2c(C)ccc2C)c(C(=O)NCCN2CCCS2(=O)=O)c1. The number of nitrogens with one attached hydrogen (secondary N) is 1. The van der Waals surface area contributed by atoms with Gasteiger partial charge < -0.3 is 9.88 Å². The van der Waals surface area contributed by atoms with Crippen LogP contribution >= 0.6 is 0 Å². The van der Waals surface area contributed by atoms with Crippen LogP contribution in [0.15, 0.2) is 30.3 Å². The molecule has 1 saturated heterocycles. The quantitative estimate of drug-likeness (QED) is 0.871. The molecule has 1 aliphatic rings. The van der Waals surface area contributed by atoms with E-state index in [1.165, 1.54) is 4.31 Å². The molecule has 0 unspecified atom stereocenters. The third kappa shape index (κ3) is 3.68. The predicted molar refractivity (Wildman–Crippen MR) is 102 cm³/mol. The van der Waals surface area contributed by atoms with E-state index in [1.807, 2.05) is 51.1 Å². The second-order valence-electron chi connectivity index (χ2n) is 6.80. The minimum Gasteiger partial charge on any atom is -0.351 e. The summed E-state index contributed by atoms with van der Waals surface area (Å²) in [7, 11) is -3.13. The van der Waals surface area contributed by atoms with Crippen LogP contribution in [0.5, 0.6) is 0 Å². The summed E-state index contributed by atoms with van der Waals surface area (Å²) in [5, 5.41) is 2.87. The second-order valence-corrected chi connectivity index (χ2v) is 8.89. The van der Waals surface area contributed by atoms with Crippen LogP contribution in [0.3, 0.4) is 0 Å². The van der Waals surface area contributed by atoms with Crippen LogP contribution in [0.2, 0.25) is 0 Å². The zero-order valence-electron chi connectivity index (χ0n) is 15.4. The molecule has 0 aliphatic carbocycles. The van der Waals surface area contributed by atoms with Crippen LogP contribution in [0.4, 0.5) is 0 Å². The summed E-state index contributed by atoms with van der Waals surface area (Å²) in [6.07, 6.45) is 0.657. The number of amides is 1. The molecule has 140 valence electrons. The monoisotopic (exact) mass is 375 g/mol. The van der Waals surface area contributed by atoms with Crippen molar-refractivity contribution in [3.63, 3.8) is 0 Å². The molecule has 1 N–H and O–H groups in total. The lowest BCUT2D eigenvalue weighted by Gasteiger charge is -2.17. The van der Waals surface area contributed by atoms with Gasteiger partial charge in [0, 0.05) is 31.0 Å². The average Bonchev–Trinajstić information content (AvgIpc) is 3.09. The number of rotatable bonds is 5. The molecule has 6 nitrogen and oxygen atoms in total. The zero-order valence-corrected chi connectivity index (χ0v) is 16.3. The van der Waals surface area contributed by atoms with Crippen molar-refractivity contribution < 1.29 is 13.2 Å². The molecule has 2 aromatic rings. The maximum Gasteiger partial charge on any atom is 0.253 e. The number of carbonyl (C=O) groups is 1. The zero-order chi connectivity index (χ0) is 18.9. The summed E-state index contributed by atoms with van der Waals surface area (Å²) in [4.78, 5) is 12.8. The van der Waals surface area contributed by atoms with E-state index < -0.39 is 10.0 Å². The lowest BCUT2D eigenvalue weighted by molar-refractivity contribution is 0.0951. The van der Waals surface area contributed by atoms with Crippen LogP contribution in [0.1, 0.15) is 33.7 Å². The van der Waals surface area contributed by atoms with Crippen LogP contribution in [-0.4, -0.2) is 48.6 Å². The Morgan fingerprint density at radius 3 is 2.42 bits per heavy atom. The van der Waals surface area contributed by atoms with E-state index in [0.717, 1.165) is 22.6 Å². The fourth-order valence-electron chi connectivity index (χ4n) is 3.41. The van der Waals surface area contributed by atoms with Gasteiger partial charge in [-0.25, -0.2) is 12.7 Å². The van der Waals surface area contributed by atoms with Crippen molar-refractivity contribution in [2.75, 3.05) is 25.4 Å². The molecule has 1 fully saturated rings. The Morgan fingerprint density at radius 1 is 1.12 bits per heavy atom. The van der Waals surface area contributed by atoms with E-state index in [4.69, 9.17) is 0 Å². The molecule has 0 spiro atoms. The van der Waals surface area contributed by atoms with Gasteiger partial charge in [0.05, 0.1) is 17.0 Å². The normalized spacial score (nSPS) is 16.7. The predicted octanol–water partition coefficient (Wildman–Crippen LogP) is 2.17. The van der Waals surface area contributed by atoms with Gasteiger partial charge in [-0.05, 0) is 51.5 Å². The first-order valence-electron chi connectivity index (χ1n) is 8.81. The first kappa shape index (κ1) is 18.7. The van der Waals surface area contributed by atoms with E-state index in [2.05, 4.69) is 9.88 Å². The first-order valence-corrected chi connectivity index (χ1v) is 10.4. The maximum absolute atomic E-state index is 12.8. The largest absolute Gasteiger partial charge is 0.351 e. The molecule has 0 bridgehead atoms. The van der Waals surface area contributed by atoms with E-state index >= 15 is 0 Å². The Hall–Kier alpha value is -2.12. The number of hydrogen-bond acceptors (Lipinski definition) is 3. The van der Waals surface area contributed by atoms with Gasteiger partial charge in [-0.2, -0.15) is 0 Å². The van der Waals surface area contributed by atoms with Crippen molar-refractivity contribution >= 4 is 15.9 Å². The van der Waals surface area contributed by atoms with E-state index in [-0.39, 0.29) is 11.7 Å². The number of nitrogens with zero attached hydrogens (tertiary/aromatic N) is 2. The molecule has 1 aromatic heterocycles. The molecule has 0 saturated carbocycles. The van der Waals surface area contributed by atoms with Crippen LogP contribution < -0.4 is 5.32 Å². The van der Waals surface area contributed by atoms with Gasteiger partial charge in [-0.3, -0.25) is 4.79 Å². The molecule has 1 amide bonds. The van der Waals surface area contributed by atoms with Crippen LogP contribution in [-0.2, 0) is 10.0 Å². The van der Waals surface area contributed by atoms with Gasteiger partial charge >= 0.3 is 0 Å². The summed E-state index contributed by atoms with van der Waals surface area (Å²) in [5.74, 6) is 0.0163. The molecular weight excluding hydrogens is 350 g/mol. The fraction of sp³-hybridized carbons (Fsp3) is 0.421. The minimum atomic E-state index is -3.13. The summed E-state index contributed by atoms with van der Waals surface area (Å²) >= 11 is 0. The van der Waals surface area contributed by atoms with Crippen molar-refractivity contribution in [3.05, 3.63) is 52.8 Å². The van der Waals surface area contributed by atoms with Crippen molar-refractivity contribution in [2.24, 2.45) is 0 Å². The maximum atomic E-state index is 12.8. The fourth-order valence-corrected chi connectivity index (χ4v) is 4.94. The number of carbonyl (C=O) groups excluding carboxylic acids is 1. The van der Waals surface area contributed by atoms with Gasteiger partial charge in [0.25, 0.3) is 5.91 Å². The number of aromatic nitrogens is 1.